The lowest BCUT2D eigenvalue weighted by atomic mass is 10.2. The Labute approximate surface area is 139 Å². The summed E-state index contributed by atoms with van der Waals surface area (Å²) in [7, 11) is -3.72. The quantitative estimate of drug-likeness (QED) is 0.823. The van der Waals surface area contributed by atoms with Crippen molar-refractivity contribution in [2.75, 3.05) is 26.3 Å². The smallest absolute Gasteiger partial charge is 0.241 e. The van der Waals surface area contributed by atoms with Crippen LogP contribution in [-0.2, 0) is 19.6 Å². The summed E-state index contributed by atoms with van der Waals surface area (Å²) in [4.78, 5) is 14.2. The van der Waals surface area contributed by atoms with Gasteiger partial charge in [0.25, 0.3) is 0 Å². The maximum Gasteiger partial charge on any atom is 0.241 e. The van der Waals surface area contributed by atoms with E-state index < -0.39 is 16.1 Å². The fraction of sp³-hybridized carbons (Fsp3) is 0.500. The number of hydrogen-bond donors (Lipinski definition) is 1. The zero-order valence-electron chi connectivity index (χ0n) is 12.3. The molecule has 8 heteroatoms. The number of morpholine rings is 1. The van der Waals surface area contributed by atoms with Crippen molar-refractivity contribution in [1.29, 1.82) is 0 Å². The molecular formula is C14H19BrN2O4S. The number of sulfonamides is 1. The van der Waals surface area contributed by atoms with Crippen molar-refractivity contribution >= 4 is 31.9 Å². The van der Waals surface area contributed by atoms with Crippen LogP contribution in [0.1, 0.15) is 13.3 Å². The van der Waals surface area contributed by atoms with Crippen molar-refractivity contribution < 1.29 is 17.9 Å². The second kappa shape index (κ2) is 7.54. The van der Waals surface area contributed by atoms with Crippen LogP contribution in [0.15, 0.2) is 33.6 Å². The molecule has 1 saturated heterocycles. The highest BCUT2D eigenvalue weighted by Gasteiger charge is 2.28. The summed E-state index contributed by atoms with van der Waals surface area (Å²) in [5, 5.41) is 0. The zero-order valence-corrected chi connectivity index (χ0v) is 14.7. The molecule has 1 N–H and O–H groups in total. The molecule has 1 atom stereocenters. The topological polar surface area (TPSA) is 75.7 Å². The highest BCUT2D eigenvalue weighted by Crippen LogP contribution is 2.15. The molecule has 22 heavy (non-hydrogen) atoms. The molecular weight excluding hydrogens is 372 g/mol. The van der Waals surface area contributed by atoms with Gasteiger partial charge in [-0.05, 0) is 30.7 Å². The minimum absolute atomic E-state index is 0.143. The fourth-order valence-corrected chi connectivity index (χ4v) is 3.72. The first kappa shape index (κ1) is 17.4. The molecule has 1 fully saturated rings. The van der Waals surface area contributed by atoms with Crippen LogP contribution < -0.4 is 4.72 Å². The lowest BCUT2D eigenvalue weighted by Crippen LogP contribution is -2.51. The van der Waals surface area contributed by atoms with Gasteiger partial charge in [-0.3, -0.25) is 4.79 Å². The second-order valence-corrected chi connectivity index (χ2v) is 7.60. The number of rotatable bonds is 5. The number of nitrogens with zero attached hydrogens (tertiary/aromatic N) is 1. The van der Waals surface area contributed by atoms with E-state index in [-0.39, 0.29) is 10.8 Å². The third-order valence-corrected chi connectivity index (χ3v) is 5.47. The molecule has 0 spiro atoms. The highest BCUT2D eigenvalue weighted by atomic mass is 79.9. The van der Waals surface area contributed by atoms with Crippen LogP contribution in [0, 0.1) is 0 Å². The molecule has 0 aliphatic carbocycles. The molecule has 0 saturated carbocycles. The first-order valence-electron chi connectivity index (χ1n) is 7.08. The van der Waals surface area contributed by atoms with Crippen molar-refractivity contribution in [3.8, 4) is 0 Å². The van der Waals surface area contributed by atoms with Crippen molar-refractivity contribution in [1.82, 2.24) is 9.62 Å². The number of amides is 1. The molecule has 1 heterocycles. The second-order valence-electron chi connectivity index (χ2n) is 4.97. The van der Waals surface area contributed by atoms with E-state index in [9.17, 15) is 13.2 Å². The van der Waals surface area contributed by atoms with Crippen molar-refractivity contribution in [3.63, 3.8) is 0 Å². The SMILES string of the molecule is CCC(NS(=O)(=O)c1ccc(Br)cc1)C(=O)N1CCOCC1. The summed E-state index contributed by atoms with van der Waals surface area (Å²) in [6, 6.07) is 5.54. The van der Waals surface area contributed by atoms with Crippen LogP contribution in [0.5, 0.6) is 0 Å². The van der Waals surface area contributed by atoms with Gasteiger partial charge >= 0.3 is 0 Å². The van der Waals surface area contributed by atoms with Crippen LogP contribution >= 0.6 is 15.9 Å². The summed E-state index contributed by atoms with van der Waals surface area (Å²) in [5.74, 6) is -0.202. The summed E-state index contributed by atoms with van der Waals surface area (Å²) in [6.07, 6.45) is 0.395. The van der Waals surface area contributed by atoms with Gasteiger partial charge in [-0.2, -0.15) is 4.72 Å². The Kier molecular flexibility index (Phi) is 5.96. The predicted octanol–water partition coefficient (Wildman–Crippen LogP) is 1.36. The third kappa shape index (κ3) is 4.28. The number of carbonyl (C=O) groups is 1. The number of halogens is 1. The standard InChI is InChI=1S/C14H19BrN2O4S/c1-2-13(14(18)17-7-9-21-10-8-17)16-22(19,20)12-5-3-11(15)4-6-12/h3-6,13,16H,2,7-10H2,1H3. The summed E-state index contributed by atoms with van der Waals surface area (Å²) >= 11 is 3.26. The van der Waals surface area contributed by atoms with E-state index in [1.54, 1.807) is 24.0 Å². The Bertz CT molecular complexity index is 612. The lowest BCUT2D eigenvalue weighted by Gasteiger charge is -2.30. The first-order chi connectivity index (χ1) is 10.4. The monoisotopic (exact) mass is 390 g/mol. The molecule has 0 radical (unpaired) electrons. The molecule has 1 unspecified atom stereocenters. The van der Waals surface area contributed by atoms with Gasteiger partial charge < -0.3 is 9.64 Å². The summed E-state index contributed by atoms with van der Waals surface area (Å²) in [6.45, 7) is 3.75. The molecule has 1 aliphatic rings. The molecule has 0 bridgehead atoms. The number of ether oxygens (including phenoxy) is 1. The van der Waals surface area contributed by atoms with Crippen molar-refractivity contribution in [2.24, 2.45) is 0 Å². The molecule has 1 amide bonds. The minimum Gasteiger partial charge on any atom is -0.378 e. The largest absolute Gasteiger partial charge is 0.378 e. The van der Waals surface area contributed by atoms with E-state index in [4.69, 9.17) is 4.74 Å². The van der Waals surface area contributed by atoms with Gasteiger partial charge in [-0.15, -0.1) is 0 Å². The van der Waals surface area contributed by atoms with E-state index in [2.05, 4.69) is 20.7 Å². The molecule has 6 nitrogen and oxygen atoms in total. The third-order valence-electron chi connectivity index (χ3n) is 3.45. The average molecular weight is 391 g/mol. The van der Waals surface area contributed by atoms with Crippen LogP contribution in [0.25, 0.3) is 0 Å². The van der Waals surface area contributed by atoms with Gasteiger partial charge in [0, 0.05) is 17.6 Å². The van der Waals surface area contributed by atoms with E-state index in [1.807, 2.05) is 0 Å². The molecule has 1 aromatic rings. The van der Waals surface area contributed by atoms with Gasteiger partial charge in [0.15, 0.2) is 0 Å². The average Bonchev–Trinajstić information content (AvgIpc) is 2.53. The Morgan fingerprint density at radius 3 is 2.45 bits per heavy atom. The summed E-state index contributed by atoms with van der Waals surface area (Å²) in [5.41, 5.74) is 0. The number of carbonyl (C=O) groups excluding carboxylic acids is 1. The fourth-order valence-electron chi connectivity index (χ4n) is 2.18. The number of benzene rings is 1. The Balaban J connectivity index is 2.11. The van der Waals surface area contributed by atoms with Gasteiger partial charge in [-0.25, -0.2) is 8.42 Å². The van der Waals surface area contributed by atoms with E-state index in [0.29, 0.717) is 32.7 Å². The molecule has 1 aromatic carbocycles. The van der Waals surface area contributed by atoms with Crippen LogP contribution in [0.2, 0.25) is 0 Å². The van der Waals surface area contributed by atoms with Crippen LogP contribution in [0.4, 0.5) is 0 Å². The van der Waals surface area contributed by atoms with Crippen LogP contribution in [0.3, 0.4) is 0 Å². The minimum atomic E-state index is -3.72. The molecule has 1 aliphatic heterocycles. The highest BCUT2D eigenvalue weighted by molar-refractivity contribution is 9.10. The van der Waals surface area contributed by atoms with E-state index in [1.165, 1.54) is 12.1 Å². The Morgan fingerprint density at radius 1 is 1.32 bits per heavy atom. The number of hydrogen-bond acceptors (Lipinski definition) is 4. The van der Waals surface area contributed by atoms with E-state index in [0.717, 1.165) is 4.47 Å². The zero-order chi connectivity index (χ0) is 16.2. The van der Waals surface area contributed by atoms with Gasteiger partial charge in [0.2, 0.25) is 15.9 Å². The summed E-state index contributed by atoms with van der Waals surface area (Å²) < 4.78 is 33.3. The van der Waals surface area contributed by atoms with Crippen LogP contribution in [-0.4, -0.2) is 51.6 Å². The Hall–Kier alpha value is -0.960. The molecule has 0 aromatic heterocycles. The predicted molar refractivity (Wildman–Crippen MR) is 85.9 cm³/mol. The van der Waals surface area contributed by atoms with Gasteiger partial charge in [0.05, 0.1) is 18.1 Å². The van der Waals surface area contributed by atoms with Crippen molar-refractivity contribution in [3.05, 3.63) is 28.7 Å². The van der Waals surface area contributed by atoms with Crippen molar-refractivity contribution in [2.45, 2.75) is 24.3 Å². The lowest BCUT2D eigenvalue weighted by molar-refractivity contribution is -0.137. The Morgan fingerprint density at radius 2 is 1.91 bits per heavy atom. The van der Waals surface area contributed by atoms with Gasteiger partial charge in [-0.1, -0.05) is 22.9 Å². The normalized spacial score (nSPS) is 17.3. The number of nitrogens with one attached hydrogen (secondary N) is 1. The molecule has 2 rings (SSSR count). The first-order valence-corrected chi connectivity index (χ1v) is 9.36. The van der Waals surface area contributed by atoms with Gasteiger partial charge in [0.1, 0.15) is 6.04 Å². The van der Waals surface area contributed by atoms with E-state index >= 15 is 0 Å². The maximum absolute atomic E-state index is 12.4. The maximum atomic E-state index is 12.4. The molecule has 122 valence electrons.